The average molecular weight is 387 g/mol. The summed E-state index contributed by atoms with van der Waals surface area (Å²) < 4.78 is 0. The van der Waals surface area contributed by atoms with Gasteiger partial charge in [0.15, 0.2) is 0 Å². The number of aliphatic imine (C=N–C) groups is 1. The third-order valence-electron chi connectivity index (χ3n) is 4.46. The van der Waals surface area contributed by atoms with Crippen molar-refractivity contribution in [3.63, 3.8) is 0 Å². The van der Waals surface area contributed by atoms with E-state index in [1.54, 1.807) is 30.1 Å². The van der Waals surface area contributed by atoms with E-state index < -0.39 is 4.92 Å². The Morgan fingerprint density at radius 3 is 2.61 bits per heavy atom. The minimum Gasteiger partial charge on any atom is -0.338 e. The molecule has 0 bridgehead atoms. The molecular weight excluding hydrogens is 370 g/mol. The molecule has 0 aliphatic carbocycles. The van der Waals surface area contributed by atoms with Gasteiger partial charge in [0.1, 0.15) is 0 Å². The fourth-order valence-electron chi connectivity index (χ4n) is 3.08. The van der Waals surface area contributed by atoms with Gasteiger partial charge in [-0.05, 0) is 35.7 Å². The summed E-state index contributed by atoms with van der Waals surface area (Å²) in [5, 5.41) is 14.3. The van der Waals surface area contributed by atoms with E-state index >= 15 is 0 Å². The van der Waals surface area contributed by atoms with E-state index in [4.69, 9.17) is 0 Å². The molecule has 28 heavy (non-hydrogen) atoms. The molecule has 0 spiro atoms. The number of anilines is 1. The number of benzene rings is 3. The molecule has 4 rings (SSSR count). The second-order valence-corrected chi connectivity index (χ2v) is 7.30. The molecule has 0 saturated heterocycles. The van der Waals surface area contributed by atoms with Gasteiger partial charge in [0.2, 0.25) is 0 Å². The van der Waals surface area contributed by atoms with Crippen LogP contribution in [0.3, 0.4) is 0 Å². The number of nitrogens with zero attached hydrogens (tertiary/aromatic N) is 3. The van der Waals surface area contributed by atoms with Crippen LogP contribution in [0.1, 0.15) is 0 Å². The van der Waals surface area contributed by atoms with Crippen LogP contribution in [0.4, 0.5) is 17.1 Å². The Morgan fingerprint density at radius 1 is 1.04 bits per heavy atom. The highest BCUT2D eigenvalue weighted by atomic mass is 32.2. The second kappa shape index (κ2) is 7.70. The summed E-state index contributed by atoms with van der Waals surface area (Å²) in [5.41, 5.74) is 1.98. The maximum absolute atomic E-state index is 10.7. The molecule has 1 heterocycles. The highest BCUT2D eigenvalue weighted by molar-refractivity contribution is 8.03. The Labute approximate surface area is 166 Å². The molecule has 0 aromatic heterocycles. The van der Waals surface area contributed by atoms with Crippen molar-refractivity contribution in [2.75, 3.05) is 11.9 Å². The summed E-state index contributed by atoms with van der Waals surface area (Å²) in [6.07, 6.45) is 7.54. The predicted octanol–water partition coefficient (Wildman–Crippen LogP) is 6.09. The van der Waals surface area contributed by atoms with E-state index in [-0.39, 0.29) is 5.69 Å². The topological polar surface area (TPSA) is 58.7 Å². The van der Waals surface area contributed by atoms with Gasteiger partial charge < -0.3 is 4.90 Å². The van der Waals surface area contributed by atoms with Crippen molar-refractivity contribution in [3.05, 3.63) is 94.0 Å². The van der Waals surface area contributed by atoms with Gasteiger partial charge in [0, 0.05) is 35.7 Å². The van der Waals surface area contributed by atoms with Gasteiger partial charge in [-0.2, -0.15) is 0 Å². The number of allylic oxidation sites excluding steroid dienone is 3. The van der Waals surface area contributed by atoms with Crippen LogP contribution in [-0.4, -0.2) is 18.2 Å². The third-order valence-corrected chi connectivity index (χ3v) is 5.63. The lowest BCUT2D eigenvalue weighted by atomic mass is 10.1. The number of thioether (sulfide) groups is 1. The molecule has 1 aliphatic heterocycles. The van der Waals surface area contributed by atoms with Gasteiger partial charge in [-0.25, -0.2) is 0 Å². The maximum Gasteiger partial charge on any atom is 0.269 e. The van der Waals surface area contributed by atoms with Gasteiger partial charge in [0.25, 0.3) is 5.69 Å². The highest BCUT2D eigenvalue weighted by Crippen LogP contribution is 2.48. The maximum atomic E-state index is 10.7. The van der Waals surface area contributed by atoms with Crippen molar-refractivity contribution in [1.29, 1.82) is 0 Å². The first kappa shape index (κ1) is 18.0. The molecule has 0 radical (unpaired) electrons. The molecule has 3 aromatic rings. The summed E-state index contributed by atoms with van der Waals surface area (Å²) in [5.74, 6) is 0. The number of nitro groups is 1. The van der Waals surface area contributed by atoms with Crippen LogP contribution in [0.2, 0.25) is 0 Å². The number of hydrogen-bond donors (Lipinski definition) is 0. The van der Waals surface area contributed by atoms with Gasteiger partial charge in [-0.3, -0.25) is 15.1 Å². The van der Waals surface area contributed by atoms with E-state index in [1.165, 1.54) is 33.5 Å². The van der Waals surface area contributed by atoms with E-state index in [0.29, 0.717) is 5.69 Å². The summed E-state index contributed by atoms with van der Waals surface area (Å²) in [6, 6.07) is 18.9. The molecule has 0 N–H and O–H groups in total. The Kier molecular flexibility index (Phi) is 4.95. The second-order valence-electron chi connectivity index (χ2n) is 6.24. The van der Waals surface area contributed by atoms with Crippen molar-refractivity contribution in [2.24, 2.45) is 4.99 Å². The predicted molar refractivity (Wildman–Crippen MR) is 117 cm³/mol. The Bertz CT molecular complexity index is 1130. The molecule has 0 unspecified atom stereocenters. The van der Waals surface area contributed by atoms with Crippen LogP contribution in [0.5, 0.6) is 0 Å². The summed E-state index contributed by atoms with van der Waals surface area (Å²) in [7, 11) is 2.08. The average Bonchev–Trinajstić information content (AvgIpc) is 3.04. The first-order chi connectivity index (χ1) is 13.6. The molecule has 6 heteroatoms. The zero-order chi connectivity index (χ0) is 19.5. The number of hydrogen-bond acceptors (Lipinski definition) is 5. The molecule has 138 valence electrons. The lowest BCUT2D eigenvalue weighted by Crippen LogP contribution is -2.09. The summed E-state index contributed by atoms with van der Waals surface area (Å²) >= 11 is 1.75. The fraction of sp³-hybridized carbons (Fsp3) is 0.0455. The highest BCUT2D eigenvalue weighted by Gasteiger charge is 2.23. The largest absolute Gasteiger partial charge is 0.338 e. The molecule has 5 nitrogen and oxygen atoms in total. The summed E-state index contributed by atoms with van der Waals surface area (Å²) in [4.78, 5) is 18.0. The Morgan fingerprint density at radius 2 is 1.82 bits per heavy atom. The third kappa shape index (κ3) is 3.54. The van der Waals surface area contributed by atoms with Crippen LogP contribution < -0.4 is 4.90 Å². The van der Waals surface area contributed by atoms with Crippen molar-refractivity contribution in [1.82, 2.24) is 0 Å². The van der Waals surface area contributed by atoms with E-state index in [9.17, 15) is 10.1 Å². The smallest absolute Gasteiger partial charge is 0.269 e. The number of rotatable bonds is 4. The number of fused-ring (bicyclic) bond motifs is 3. The number of nitro benzene ring substituents is 1. The minimum absolute atomic E-state index is 0.0626. The van der Waals surface area contributed by atoms with Crippen LogP contribution in [0, 0.1) is 10.1 Å². The van der Waals surface area contributed by atoms with Crippen molar-refractivity contribution >= 4 is 45.8 Å². The molecule has 3 aromatic carbocycles. The van der Waals surface area contributed by atoms with Gasteiger partial charge >= 0.3 is 0 Å². The molecule has 0 fully saturated rings. The molecule has 0 atom stereocenters. The van der Waals surface area contributed by atoms with E-state index in [2.05, 4.69) is 59.4 Å². The first-order valence-electron chi connectivity index (χ1n) is 8.72. The fourth-order valence-corrected chi connectivity index (χ4v) is 4.16. The van der Waals surface area contributed by atoms with Crippen LogP contribution >= 0.6 is 11.8 Å². The van der Waals surface area contributed by atoms with Gasteiger partial charge in [0.05, 0.1) is 21.3 Å². The van der Waals surface area contributed by atoms with Crippen molar-refractivity contribution < 1.29 is 4.92 Å². The molecule has 1 aliphatic rings. The monoisotopic (exact) mass is 387 g/mol. The lowest BCUT2D eigenvalue weighted by Gasteiger charge is -2.15. The van der Waals surface area contributed by atoms with E-state index in [0.717, 1.165) is 5.03 Å². The summed E-state index contributed by atoms with van der Waals surface area (Å²) in [6.45, 7) is 0. The normalized spacial score (nSPS) is 15.2. The van der Waals surface area contributed by atoms with Crippen LogP contribution in [0.25, 0.3) is 10.8 Å². The first-order valence-corrected chi connectivity index (χ1v) is 9.54. The Balaban J connectivity index is 1.47. The quantitative estimate of drug-likeness (QED) is 0.309. The molecule has 0 amide bonds. The molecular formula is C22H17N3O2S. The van der Waals surface area contributed by atoms with Gasteiger partial charge in [-0.1, -0.05) is 48.2 Å². The van der Waals surface area contributed by atoms with Crippen LogP contribution in [0.15, 0.2) is 93.8 Å². The van der Waals surface area contributed by atoms with E-state index in [1.807, 2.05) is 12.2 Å². The Hall–Kier alpha value is -3.38. The SMILES string of the molecule is CN1C(=CC=CC=Nc2ccc([N+](=O)[O-])cc2)Sc2ccc3ccccc3c21. The zero-order valence-electron chi connectivity index (χ0n) is 15.1. The van der Waals surface area contributed by atoms with Crippen LogP contribution in [-0.2, 0) is 0 Å². The van der Waals surface area contributed by atoms with Crippen molar-refractivity contribution in [2.45, 2.75) is 4.90 Å². The standard InChI is InChI=1S/C22H17N3O2S/c1-24-21(28-20-14-9-16-6-2-3-7-19(16)22(20)24)8-4-5-15-23-17-10-12-18(13-11-17)25(26)27/h2-15H,1H3. The minimum atomic E-state index is -0.420. The van der Waals surface area contributed by atoms with Crippen molar-refractivity contribution in [3.8, 4) is 0 Å². The number of non-ortho nitro benzene ring substituents is 1. The van der Waals surface area contributed by atoms with Gasteiger partial charge in [-0.15, -0.1) is 0 Å². The lowest BCUT2D eigenvalue weighted by molar-refractivity contribution is -0.384. The zero-order valence-corrected chi connectivity index (χ0v) is 16.0. The molecule has 0 saturated carbocycles.